The maximum atomic E-state index is 12.7. The van der Waals surface area contributed by atoms with Crippen LogP contribution >= 0.6 is 0 Å². The zero-order chi connectivity index (χ0) is 10.7. The largest absolute Gasteiger partial charge is 0.369 e. The molecule has 1 aromatic heterocycles. The molecular weight excluding hydrogens is 193 g/mol. The second-order valence-electron chi connectivity index (χ2n) is 3.20. The molecule has 0 unspecified atom stereocenters. The number of benzene rings is 1. The van der Waals surface area contributed by atoms with Crippen molar-refractivity contribution < 1.29 is 4.39 Å². The van der Waals surface area contributed by atoms with Crippen LogP contribution in [0.15, 0.2) is 30.3 Å². The van der Waals surface area contributed by atoms with Gasteiger partial charge in [0.05, 0.1) is 5.69 Å². The van der Waals surface area contributed by atoms with Crippen molar-refractivity contribution in [3.05, 3.63) is 36.1 Å². The second kappa shape index (κ2) is 4.13. The van der Waals surface area contributed by atoms with Crippen LogP contribution in [0.2, 0.25) is 0 Å². The first-order valence-electron chi connectivity index (χ1n) is 4.85. The molecule has 78 valence electrons. The van der Waals surface area contributed by atoms with Gasteiger partial charge in [0.15, 0.2) is 0 Å². The molecule has 2 aromatic rings. The number of hydrogen-bond acceptors (Lipinski definition) is 2. The van der Waals surface area contributed by atoms with Crippen molar-refractivity contribution in [2.24, 2.45) is 0 Å². The summed E-state index contributed by atoms with van der Waals surface area (Å²) in [5, 5.41) is 10.1. The van der Waals surface area contributed by atoms with E-state index in [2.05, 4.69) is 15.5 Å². The SMILES string of the molecule is CCNc1cc(-c2ccc(F)cc2)[nH]n1. The van der Waals surface area contributed by atoms with Crippen molar-refractivity contribution >= 4 is 5.82 Å². The average molecular weight is 205 g/mol. The quantitative estimate of drug-likeness (QED) is 0.808. The Hall–Kier alpha value is -1.84. The molecular formula is C11H12FN3. The van der Waals surface area contributed by atoms with Crippen LogP contribution in [-0.2, 0) is 0 Å². The maximum Gasteiger partial charge on any atom is 0.148 e. The van der Waals surface area contributed by atoms with Crippen molar-refractivity contribution in [3.8, 4) is 11.3 Å². The zero-order valence-electron chi connectivity index (χ0n) is 8.42. The molecule has 15 heavy (non-hydrogen) atoms. The molecule has 1 aromatic carbocycles. The van der Waals surface area contributed by atoms with Crippen molar-refractivity contribution in [2.45, 2.75) is 6.92 Å². The van der Waals surface area contributed by atoms with E-state index in [1.165, 1.54) is 12.1 Å². The molecule has 0 saturated heterocycles. The van der Waals surface area contributed by atoms with E-state index < -0.39 is 0 Å². The smallest absolute Gasteiger partial charge is 0.148 e. The summed E-state index contributed by atoms with van der Waals surface area (Å²) in [6, 6.07) is 8.21. The minimum absolute atomic E-state index is 0.231. The molecule has 2 N–H and O–H groups in total. The highest BCUT2D eigenvalue weighted by Crippen LogP contribution is 2.19. The first-order chi connectivity index (χ1) is 7.29. The Labute approximate surface area is 87.3 Å². The lowest BCUT2D eigenvalue weighted by molar-refractivity contribution is 0.628. The third-order valence-corrected chi connectivity index (χ3v) is 2.09. The fourth-order valence-corrected chi connectivity index (χ4v) is 1.37. The van der Waals surface area contributed by atoms with Gasteiger partial charge in [0.2, 0.25) is 0 Å². The summed E-state index contributed by atoms with van der Waals surface area (Å²) in [4.78, 5) is 0. The maximum absolute atomic E-state index is 12.7. The lowest BCUT2D eigenvalue weighted by atomic mass is 10.1. The monoisotopic (exact) mass is 205 g/mol. The fourth-order valence-electron chi connectivity index (χ4n) is 1.37. The van der Waals surface area contributed by atoms with E-state index in [-0.39, 0.29) is 5.82 Å². The van der Waals surface area contributed by atoms with E-state index in [1.807, 2.05) is 13.0 Å². The van der Waals surface area contributed by atoms with E-state index in [0.717, 1.165) is 23.6 Å². The van der Waals surface area contributed by atoms with Gasteiger partial charge < -0.3 is 5.32 Å². The van der Waals surface area contributed by atoms with Crippen LogP contribution in [0.1, 0.15) is 6.92 Å². The third-order valence-electron chi connectivity index (χ3n) is 2.09. The topological polar surface area (TPSA) is 40.7 Å². The first kappa shape index (κ1) is 9.71. The van der Waals surface area contributed by atoms with Crippen LogP contribution in [0.25, 0.3) is 11.3 Å². The lowest BCUT2D eigenvalue weighted by Crippen LogP contribution is -1.95. The van der Waals surface area contributed by atoms with Crippen LogP contribution in [-0.4, -0.2) is 16.7 Å². The summed E-state index contributed by atoms with van der Waals surface area (Å²) in [7, 11) is 0. The van der Waals surface area contributed by atoms with Gasteiger partial charge in [-0.15, -0.1) is 0 Å². The molecule has 0 aliphatic heterocycles. The highest BCUT2D eigenvalue weighted by molar-refractivity contribution is 5.62. The summed E-state index contributed by atoms with van der Waals surface area (Å²) in [5.41, 5.74) is 1.80. The van der Waals surface area contributed by atoms with Gasteiger partial charge in [-0.05, 0) is 36.8 Å². The van der Waals surface area contributed by atoms with Gasteiger partial charge in [-0.3, -0.25) is 5.10 Å². The number of H-pyrrole nitrogens is 1. The van der Waals surface area contributed by atoms with Gasteiger partial charge in [0, 0.05) is 12.6 Å². The Balaban J connectivity index is 2.25. The Morgan fingerprint density at radius 1 is 1.33 bits per heavy atom. The summed E-state index contributed by atoms with van der Waals surface area (Å²) in [5.74, 6) is 0.571. The van der Waals surface area contributed by atoms with E-state index >= 15 is 0 Å². The molecule has 0 radical (unpaired) electrons. The minimum atomic E-state index is -0.231. The van der Waals surface area contributed by atoms with Crippen molar-refractivity contribution in [2.75, 3.05) is 11.9 Å². The molecule has 4 heteroatoms. The molecule has 0 aliphatic carbocycles. The van der Waals surface area contributed by atoms with Crippen LogP contribution in [0, 0.1) is 5.82 Å². The molecule has 1 heterocycles. The van der Waals surface area contributed by atoms with E-state index in [1.54, 1.807) is 12.1 Å². The van der Waals surface area contributed by atoms with Crippen LogP contribution in [0.5, 0.6) is 0 Å². The predicted octanol–water partition coefficient (Wildman–Crippen LogP) is 2.65. The first-order valence-corrected chi connectivity index (χ1v) is 4.85. The molecule has 2 rings (SSSR count). The predicted molar refractivity (Wildman–Crippen MR) is 58.1 cm³/mol. The van der Waals surface area contributed by atoms with Crippen molar-refractivity contribution in [3.63, 3.8) is 0 Å². The summed E-state index contributed by atoms with van der Waals surface area (Å²) in [6.07, 6.45) is 0. The van der Waals surface area contributed by atoms with Crippen LogP contribution in [0.4, 0.5) is 10.2 Å². The standard InChI is InChI=1S/C11H12FN3/c1-2-13-11-7-10(14-15-11)8-3-5-9(12)6-4-8/h3-7H,2H2,1H3,(H2,13,14,15). The minimum Gasteiger partial charge on any atom is -0.369 e. The average Bonchev–Trinajstić information content (AvgIpc) is 2.68. The van der Waals surface area contributed by atoms with Crippen molar-refractivity contribution in [1.29, 1.82) is 0 Å². The lowest BCUT2D eigenvalue weighted by Gasteiger charge is -1.95. The Morgan fingerprint density at radius 2 is 2.07 bits per heavy atom. The molecule has 3 nitrogen and oxygen atoms in total. The molecule has 0 amide bonds. The summed E-state index contributed by atoms with van der Waals surface area (Å²) in [6.45, 7) is 2.83. The van der Waals surface area contributed by atoms with E-state index in [4.69, 9.17) is 0 Å². The van der Waals surface area contributed by atoms with Gasteiger partial charge >= 0.3 is 0 Å². The summed E-state index contributed by atoms with van der Waals surface area (Å²) < 4.78 is 12.7. The highest BCUT2D eigenvalue weighted by atomic mass is 19.1. The Kier molecular flexibility index (Phi) is 2.67. The number of anilines is 1. The van der Waals surface area contributed by atoms with Crippen molar-refractivity contribution in [1.82, 2.24) is 10.2 Å². The van der Waals surface area contributed by atoms with Crippen LogP contribution in [0.3, 0.4) is 0 Å². The Bertz CT molecular complexity index is 433. The number of hydrogen-bond donors (Lipinski definition) is 2. The molecule has 0 fully saturated rings. The summed E-state index contributed by atoms with van der Waals surface area (Å²) >= 11 is 0. The Morgan fingerprint density at radius 3 is 2.73 bits per heavy atom. The highest BCUT2D eigenvalue weighted by Gasteiger charge is 2.02. The van der Waals surface area contributed by atoms with Crippen LogP contribution < -0.4 is 5.32 Å². The fraction of sp³-hybridized carbons (Fsp3) is 0.182. The molecule has 0 atom stereocenters. The van der Waals surface area contributed by atoms with Gasteiger partial charge in [-0.2, -0.15) is 5.10 Å². The molecule has 0 saturated carbocycles. The van der Waals surface area contributed by atoms with Gasteiger partial charge in [0.25, 0.3) is 0 Å². The number of nitrogens with one attached hydrogen (secondary N) is 2. The molecule has 0 bridgehead atoms. The number of aromatic amines is 1. The number of rotatable bonds is 3. The number of aromatic nitrogens is 2. The van der Waals surface area contributed by atoms with E-state index in [9.17, 15) is 4.39 Å². The second-order valence-corrected chi connectivity index (χ2v) is 3.20. The van der Waals surface area contributed by atoms with E-state index in [0.29, 0.717) is 0 Å². The third kappa shape index (κ3) is 2.15. The molecule has 0 spiro atoms. The van der Waals surface area contributed by atoms with Gasteiger partial charge in [-0.1, -0.05) is 0 Å². The molecule has 0 aliphatic rings. The normalized spacial score (nSPS) is 10.3. The number of halogens is 1. The van der Waals surface area contributed by atoms with Gasteiger partial charge in [-0.25, -0.2) is 4.39 Å². The number of nitrogens with zero attached hydrogens (tertiary/aromatic N) is 1. The zero-order valence-corrected chi connectivity index (χ0v) is 8.42. The van der Waals surface area contributed by atoms with Gasteiger partial charge in [0.1, 0.15) is 11.6 Å².